The van der Waals surface area contributed by atoms with Crippen LogP contribution < -0.4 is 10.1 Å². The lowest BCUT2D eigenvalue weighted by Gasteiger charge is -2.34. The molecule has 2 N–H and O–H groups in total. The molecule has 8 nitrogen and oxygen atoms in total. The summed E-state index contributed by atoms with van der Waals surface area (Å²) in [4.78, 5) is 31.0. The SMILES string of the molecule is CCn1nc(C)c(CCNC(=O)[C@@H](C)C2CCN(C(=O)c3cc4ccc(OC)cc4[nH]3)CC2)c1C. The molecular formula is C27H37N5O3. The quantitative estimate of drug-likeness (QED) is 0.513. The van der Waals surface area contributed by atoms with Crippen molar-refractivity contribution >= 4 is 22.7 Å². The van der Waals surface area contributed by atoms with Gasteiger partial charge in [0.25, 0.3) is 5.91 Å². The number of methoxy groups -OCH3 is 1. The number of hydrogen-bond donors (Lipinski definition) is 2. The number of likely N-dealkylation sites (tertiary alicyclic amines) is 1. The highest BCUT2D eigenvalue weighted by Crippen LogP contribution is 2.27. The molecule has 1 aliphatic heterocycles. The van der Waals surface area contributed by atoms with Gasteiger partial charge in [0.1, 0.15) is 11.4 Å². The van der Waals surface area contributed by atoms with Crippen molar-refractivity contribution in [2.45, 2.75) is 53.5 Å². The van der Waals surface area contributed by atoms with Gasteiger partial charge >= 0.3 is 0 Å². The minimum Gasteiger partial charge on any atom is -0.497 e. The van der Waals surface area contributed by atoms with Gasteiger partial charge in [0.2, 0.25) is 5.91 Å². The van der Waals surface area contributed by atoms with Crippen molar-refractivity contribution in [1.82, 2.24) is 25.0 Å². The number of aromatic amines is 1. The monoisotopic (exact) mass is 479 g/mol. The number of nitrogens with zero attached hydrogens (tertiary/aromatic N) is 3. The molecule has 3 heterocycles. The number of hydrogen-bond acceptors (Lipinski definition) is 4. The van der Waals surface area contributed by atoms with Gasteiger partial charge in [-0.3, -0.25) is 14.3 Å². The second-order valence-corrected chi connectivity index (χ2v) is 9.56. The maximum Gasteiger partial charge on any atom is 0.270 e. The van der Waals surface area contributed by atoms with Crippen LogP contribution in [0.1, 0.15) is 54.1 Å². The van der Waals surface area contributed by atoms with Crippen LogP contribution in [-0.4, -0.2) is 58.2 Å². The Morgan fingerprint density at radius 2 is 1.97 bits per heavy atom. The van der Waals surface area contributed by atoms with Crippen LogP contribution in [0.2, 0.25) is 0 Å². The Hall–Kier alpha value is -3.29. The van der Waals surface area contributed by atoms with E-state index in [0.29, 0.717) is 25.3 Å². The van der Waals surface area contributed by atoms with Gasteiger partial charge in [-0.25, -0.2) is 0 Å². The molecule has 4 rings (SSSR count). The van der Waals surface area contributed by atoms with E-state index in [0.717, 1.165) is 48.2 Å². The first-order chi connectivity index (χ1) is 16.8. The van der Waals surface area contributed by atoms with Crippen molar-refractivity contribution in [3.05, 3.63) is 46.9 Å². The van der Waals surface area contributed by atoms with E-state index in [4.69, 9.17) is 4.74 Å². The summed E-state index contributed by atoms with van der Waals surface area (Å²) in [5, 5.41) is 8.67. The molecule has 35 heavy (non-hydrogen) atoms. The number of aryl methyl sites for hydroxylation is 2. The van der Waals surface area contributed by atoms with Gasteiger partial charge in [-0.05, 0) is 69.7 Å². The van der Waals surface area contributed by atoms with E-state index in [2.05, 4.69) is 29.2 Å². The number of H-pyrrole nitrogens is 1. The maximum absolute atomic E-state index is 13.1. The van der Waals surface area contributed by atoms with Crippen molar-refractivity contribution in [1.29, 1.82) is 0 Å². The molecule has 2 aromatic heterocycles. The highest BCUT2D eigenvalue weighted by atomic mass is 16.5. The summed E-state index contributed by atoms with van der Waals surface area (Å²) >= 11 is 0. The third-order valence-corrected chi connectivity index (χ3v) is 7.51. The summed E-state index contributed by atoms with van der Waals surface area (Å²) in [6.07, 6.45) is 2.45. The molecule has 188 valence electrons. The molecule has 0 radical (unpaired) electrons. The second-order valence-electron chi connectivity index (χ2n) is 9.56. The van der Waals surface area contributed by atoms with Crippen LogP contribution in [-0.2, 0) is 17.8 Å². The summed E-state index contributed by atoms with van der Waals surface area (Å²) in [5.41, 5.74) is 4.92. The van der Waals surface area contributed by atoms with Crippen LogP contribution in [0.15, 0.2) is 24.3 Å². The van der Waals surface area contributed by atoms with Gasteiger partial charge in [-0.15, -0.1) is 0 Å². The molecule has 0 saturated carbocycles. The molecule has 0 bridgehead atoms. The van der Waals surface area contributed by atoms with E-state index in [1.54, 1.807) is 7.11 Å². The Morgan fingerprint density at radius 3 is 2.63 bits per heavy atom. The molecule has 0 aliphatic carbocycles. The highest BCUT2D eigenvalue weighted by Gasteiger charge is 2.30. The predicted octanol–water partition coefficient (Wildman–Crippen LogP) is 3.86. The van der Waals surface area contributed by atoms with Gasteiger partial charge in [0.05, 0.1) is 12.8 Å². The van der Waals surface area contributed by atoms with Gasteiger partial charge in [-0.1, -0.05) is 6.92 Å². The minimum absolute atomic E-state index is 0.00841. The van der Waals surface area contributed by atoms with Gasteiger partial charge < -0.3 is 19.9 Å². The first kappa shape index (κ1) is 24.8. The number of carbonyl (C=O) groups is 2. The molecule has 3 aromatic rings. The molecule has 8 heteroatoms. The number of ether oxygens (including phenoxy) is 1. The molecule has 1 aromatic carbocycles. The lowest BCUT2D eigenvalue weighted by molar-refractivity contribution is -0.126. The summed E-state index contributed by atoms with van der Waals surface area (Å²) in [7, 11) is 1.63. The van der Waals surface area contributed by atoms with Crippen LogP contribution >= 0.6 is 0 Å². The Morgan fingerprint density at radius 1 is 1.23 bits per heavy atom. The molecule has 0 unspecified atom stereocenters. The van der Waals surface area contributed by atoms with Crippen LogP contribution in [0.4, 0.5) is 0 Å². The van der Waals surface area contributed by atoms with E-state index >= 15 is 0 Å². The second kappa shape index (κ2) is 10.5. The molecule has 2 amide bonds. The molecule has 1 fully saturated rings. The minimum atomic E-state index is -0.0756. The van der Waals surface area contributed by atoms with Crippen LogP contribution in [0.3, 0.4) is 0 Å². The third kappa shape index (κ3) is 5.21. The van der Waals surface area contributed by atoms with Crippen molar-refractivity contribution in [2.24, 2.45) is 11.8 Å². The summed E-state index contributed by atoms with van der Waals surface area (Å²) in [6, 6.07) is 7.64. The lowest BCUT2D eigenvalue weighted by atomic mass is 9.84. The largest absolute Gasteiger partial charge is 0.497 e. The fourth-order valence-corrected chi connectivity index (χ4v) is 5.21. The van der Waals surface area contributed by atoms with Crippen molar-refractivity contribution in [3.63, 3.8) is 0 Å². The van der Waals surface area contributed by atoms with E-state index in [9.17, 15) is 9.59 Å². The summed E-state index contributed by atoms with van der Waals surface area (Å²) in [5.74, 6) is 1.06. The summed E-state index contributed by atoms with van der Waals surface area (Å²) in [6.45, 7) is 11.0. The van der Waals surface area contributed by atoms with Gasteiger partial charge in [0.15, 0.2) is 0 Å². The van der Waals surface area contributed by atoms with Crippen LogP contribution in [0, 0.1) is 25.7 Å². The first-order valence-electron chi connectivity index (χ1n) is 12.6. The maximum atomic E-state index is 13.1. The van der Waals surface area contributed by atoms with E-state index in [1.165, 1.54) is 11.3 Å². The number of amides is 2. The average Bonchev–Trinajstić information content (AvgIpc) is 3.43. The Balaban J connectivity index is 1.27. The molecule has 1 atom stereocenters. The lowest BCUT2D eigenvalue weighted by Crippen LogP contribution is -2.43. The Kier molecular flexibility index (Phi) is 7.48. The standard InChI is InChI=1S/C27H37N5O3/c1-6-32-19(4)23(18(3)30-32)9-12-28-26(33)17(2)20-10-13-31(14-11-20)27(34)25-15-21-7-8-22(35-5)16-24(21)29-25/h7-8,15-17,20,29H,6,9-14H2,1-5H3,(H,28,33)/t17-/m0/s1. The molecule has 1 aliphatic rings. The van der Waals surface area contributed by atoms with Gasteiger partial charge in [0, 0.05) is 54.8 Å². The average molecular weight is 480 g/mol. The highest BCUT2D eigenvalue weighted by molar-refractivity contribution is 5.98. The number of carbonyl (C=O) groups excluding carboxylic acids is 2. The number of rotatable bonds is 8. The van der Waals surface area contributed by atoms with E-state index in [-0.39, 0.29) is 23.7 Å². The van der Waals surface area contributed by atoms with Crippen molar-refractivity contribution in [3.8, 4) is 5.75 Å². The fraction of sp³-hybridized carbons (Fsp3) is 0.519. The number of piperidine rings is 1. The van der Waals surface area contributed by atoms with E-state index < -0.39 is 0 Å². The fourth-order valence-electron chi connectivity index (χ4n) is 5.21. The molecular weight excluding hydrogens is 442 g/mol. The number of aromatic nitrogens is 3. The summed E-state index contributed by atoms with van der Waals surface area (Å²) < 4.78 is 7.28. The van der Waals surface area contributed by atoms with Crippen molar-refractivity contribution in [2.75, 3.05) is 26.7 Å². The number of fused-ring (bicyclic) bond motifs is 1. The Labute approximate surface area is 207 Å². The number of nitrogens with one attached hydrogen (secondary N) is 2. The van der Waals surface area contributed by atoms with Gasteiger partial charge in [-0.2, -0.15) is 5.10 Å². The predicted molar refractivity (Wildman–Crippen MR) is 137 cm³/mol. The first-order valence-corrected chi connectivity index (χ1v) is 12.6. The topological polar surface area (TPSA) is 92.2 Å². The van der Waals surface area contributed by atoms with Crippen LogP contribution in [0.5, 0.6) is 5.75 Å². The normalized spacial score (nSPS) is 15.4. The zero-order chi connectivity index (χ0) is 25.1. The third-order valence-electron chi connectivity index (χ3n) is 7.51. The molecule has 0 spiro atoms. The smallest absolute Gasteiger partial charge is 0.270 e. The molecule has 1 saturated heterocycles. The zero-order valence-corrected chi connectivity index (χ0v) is 21.5. The number of benzene rings is 1. The van der Waals surface area contributed by atoms with Crippen LogP contribution in [0.25, 0.3) is 10.9 Å². The Bertz CT molecular complexity index is 1200. The van der Waals surface area contributed by atoms with E-state index in [1.807, 2.05) is 47.7 Å². The zero-order valence-electron chi connectivity index (χ0n) is 21.5. The van der Waals surface area contributed by atoms with Crippen molar-refractivity contribution < 1.29 is 14.3 Å².